The SMILES string of the molecule is CC1(c2ccccc2)Oc2ccccc2C12CC2. The van der Waals surface area contributed by atoms with Gasteiger partial charge in [0.15, 0.2) is 0 Å². The molecule has 1 nitrogen and oxygen atoms in total. The molecule has 0 amide bonds. The fourth-order valence-corrected chi connectivity index (χ4v) is 3.49. The van der Waals surface area contributed by atoms with Gasteiger partial charge in [0.1, 0.15) is 11.4 Å². The fraction of sp³-hybridized carbons (Fsp3) is 0.294. The summed E-state index contributed by atoms with van der Waals surface area (Å²) >= 11 is 0. The van der Waals surface area contributed by atoms with Crippen molar-refractivity contribution in [1.29, 1.82) is 0 Å². The molecule has 0 N–H and O–H groups in total. The van der Waals surface area contributed by atoms with Gasteiger partial charge in [0.2, 0.25) is 0 Å². The molecule has 1 aliphatic carbocycles. The highest BCUT2D eigenvalue weighted by Gasteiger charge is 2.65. The molecule has 2 aromatic rings. The summed E-state index contributed by atoms with van der Waals surface area (Å²) in [5.41, 5.74) is 2.71. The standard InChI is InChI=1S/C17H16O/c1-16(13-7-3-2-4-8-13)17(11-12-17)14-9-5-6-10-15(14)18-16/h2-10H,11-12H2,1H3. The predicted molar refractivity (Wildman–Crippen MR) is 71.8 cm³/mol. The molecule has 1 spiro atoms. The van der Waals surface area contributed by atoms with Gasteiger partial charge >= 0.3 is 0 Å². The van der Waals surface area contributed by atoms with Crippen LogP contribution in [-0.2, 0) is 11.0 Å². The molecule has 1 atom stereocenters. The highest BCUT2D eigenvalue weighted by Crippen LogP contribution is 2.66. The van der Waals surface area contributed by atoms with Crippen LogP contribution in [0.1, 0.15) is 30.9 Å². The average molecular weight is 236 g/mol. The fourth-order valence-electron chi connectivity index (χ4n) is 3.49. The van der Waals surface area contributed by atoms with Crippen molar-refractivity contribution in [2.45, 2.75) is 30.8 Å². The highest BCUT2D eigenvalue weighted by molar-refractivity contribution is 5.53. The van der Waals surface area contributed by atoms with E-state index in [0.717, 1.165) is 5.75 Å². The second kappa shape index (κ2) is 3.17. The summed E-state index contributed by atoms with van der Waals surface area (Å²) in [7, 11) is 0. The van der Waals surface area contributed by atoms with Crippen molar-refractivity contribution in [2.75, 3.05) is 0 Å². The van der Waals surface area contributed by atoms with E-state index in [1.807, 2.05) is 0 Å². The lowest BCUT2D eigenvalue weighted by Gasteiger charge is -2.31. The first-order chi connectivity index (χ1) is 8.76. The van der Waals surface area contributed by atoms with Gasteiger partial charge in [-0.3, -0.25) is 0 Å². The van der Waals surface area contributed by atoms with Crippen molar-refractivity contribution in [3.05, 3.63) is 65.7 Å². The minimum Gasteiger partial charge on any atom is -0.482 e. The number of benzene rings is 2. The molecule has 90 valence electrons. The predicted octanol–water partition coefficient (Wildman–Crippen LogP) is 4.03. The topological polar surface area (TPSA) is 9.23 Å². The molecule has 4 rings (SSSR count). The van der Waals surface area contributed by atoms with E-state index in [9.17, 15) is 0 Å². The zero-order valence-corrected chi connectivity index (χ0v) is 10.5. The molecular weight excluding hydrogens is 220 g/mol. The molecule has 2 aliphatic rings. The Labute approximate surface area is 107 Å². The maximum absolute atomic E-state index is 6.36. The van der Waals surface area contributed by atoms with Crippen LogP contribution in [0.2, 0.25) is 0 Å². The molecule has 18 heavy (non-hydrogen) atoms. The molecule has 1 heteroatoms. The lowest BCUT2D eigenvalue weighted by molar-refractivity contribution is 0.0759. The number of ether oxygens (including phenoxy) is 1. The van der Waals surface area contributed by atoms with Gasteiger partial charge in [0.05, 0.1) is 0 Å². The largest absolute Gasteiger partial charge is 0.482 e. The van der Waals surface area contributed by atoms with Crippen molar-refractivity contribution in [3.63, 3.8) is 0 Å². The van der Waals surface area contributed by atoms with Crippen LogP contribution in [0.25, 0.3) is 0 Å². The Bertz CT molecular complexity index is 598. The minimum absolute atomic E-state index is 0.196. The van der Waals surface area contributed by atoms with E-state index < -0.39 is 0 Å². The van der Waals surface area contributed by atoms with Crippen LogP contribution < -0.4 is 4.74 Å². The van der Waals surface area contributed by atoms with Gasteiger partial charge in [-0.2, -0.15) is 0 Å². The maximum Gasteiger partial charge on any atom is 0.141 e. The van der Waals surface area contributed by atoms with Gasteiger partial charge in [0, 0.05) is 11.0 Å². The Morgan fingerprint density at radius 2 is 1.56 bits per heavy atom. The second-order valence-electron chi connectivity index (χ2n) is 5.58. The summed E-state index contributed by atoms with van der Waals surface area (Å²) in [5.74, 6) is 1.07. The first-order valence-corrected chi connectivity index (χ1v) is 6.60. The molecular formula is C17H16O. The minimum atomic E-state index is -0.196. The average Bonchev–Trinajstić information content (AvgIpc) is 3.17. The summed E-state index contributed by atoms with van der Waals surface area (Å²) < 4.78 is 6.36. The number of rotatable bonds is 1. The monoisotopic (exact) mass is 236 g/mol. The molecule has 1 fully saturated rings. The molecule has 0 aromatic heterocycles. The van der Waals surface area contributed by atoms with Gasteiger partial charge in [-0.1, -0.05) is 48.5 Å². The van der Waals surface area contributed by atoms with Crippen LogP contribution in [0, 0.1) is 0 Å². The zero-order chi connectivity index (χ0) is 12.2. The molecule has 1 aliphatic heterocycles. The number of fused-ring (bicyclic) bond motifs is 2. The Morgan fingerprint density at radius 3 is 2.28 bits per heavy atom. The van der Waals surface area contributed by atoms with Crippen molar-refractivity contribution in [2.24, 2.45) is 0 Å². The second-order valence-corrected chi connectivity index (χ2v) is 5.58. The van der Waals surface area contributed by atoms with E-state index >= 15 is 0 Å². The molecule has 0 saturated heterocycles. The zero-order valence-electron chi connectivity index (χ0n) is 10.5. The van der Waals surface area contributed by atoms with E-state index in [2.05, 4.69) is 61.5 Å². The van der Waals surface area contributed by atoms with Crippen molar-refractivity contribution < 1.29 is 4.74 Å². The quantitative estimate of drug-likeness (QED) is 0.726. The van der Waals surface area contributed by atoms with Crippen LogP contribution in [0.15, 0.2) is 54.6 Å². The van der Waals surface area contributed by atoms with E-state index in [4.69, 9.17) is 4.74 Å². The van der Waals surface area contributed by atoms with Crippen LogP contribution in [-0.4, -0.2) is 0 Å². The van der Waals surface area contributed by atoms with Crippen LogP contribution in [0.5, 0.6) is 5.75 Å². The third-order valence-corrected chi connectivity index (χ3v) is 4.70. The van der Waals surface area contributed by atoms with Crippen LogP contribution >= 0.6 is 0 Å². The van der Waals surface area contributed by atoms with Gasteiger partial charge in [0.25, 0.3) is 0 Å². The molecule has 1 heterocycles. The molecule has 1 unspecified atom stereocenters. The van der Waals surface area contributed by atoms with Gasteiger partial charge in [-0.15, -0.1) is 0 Å². The molecule has 0 bridgehead atoms. The van der Waals surface area contributed by atoms with Gasteiger partial charge < -0.3 is 4.74 Å². The smallest absolute Gasteiger partial charge is 0.141 e. The summed E-state index contributed by atoms with van der Waals surface area (Å²) in [5, 5.41) is 0. The third kappa shape index (κ3) is 1.07. The van der Waals surface area contributed by atoms with Crippen LogP contribution in [0.4, 0.5) is 0 Å². The first kappa shape index (κ1) is 10.2. The van der Waals surface area contributed by atoms with Crippen molar-refractivity contribution >= 4 is 0 Å². The van der Waals surface area contributed by atoms with Gasteiger partial charge in [-0.05, 0) is 31.4 Å². The number of hydrogen-bond donors (Lipinski definition) is 0. The summed E-state index contributed by atoms with van der Waals surface area (Å²) in [4.78, 5) is 0. The Morgan fingerprint density at radius 1 is 0.889 bits per heavy atom. The van der Waals surface area contributed by atoms with Crippen LogP contribution in [0.3, 0.4) is 0 Å². The lowest BCUT2D eigenvalue weighted by Crippen LogP contribution is -2.36. The Balaban J connectivity index is 1.91. The summed E-state index contributed by atoms with van der Waals surface area (Å²) in [6, 6.07) is 19.2. The maximum atomic E-state index is 6.36. The van der Waals surface area contributed by atoms with Crippen molar-refractivity contribution in [3.8, 4) is 5.75 Å². The van der Waals surface area contributed by atoms with E-state index in [-0.39, 0.29) is 11.0 Å². The first-order valence-electron chi connectivity index (χ1n) is 6.60. The highest BCUT2D eigenvalue weighted by atomic mass is 16.5. The molecule has 0 radical (unpaired) electrons. The Kier molecular flexibility index (Phi) is 1.79. The number of hydrogen-bond acceptors (Lipinski definition) is 1. The Hall–Kier alpha value is -1.76. The van der Waals surface area contributed by atoms with Gasteiger partial charge in [-0.25, -0.2) is 0 Å². The molecule has 2 aromatic carbocycles. The summed E-state index contributed by atoms with van der Waals surface area (Å²) in [6.45, 7) is 2.25. The van der Waals surface area contributed by atoms with E-state index in [1.165, 1.54) is 24.0 Å². The third-order valence-electron chi connectivity index (χ3n) is 4.70. The van der Waals surface area contributed by atoms with Crippen molar-refractivity contribution in [1.82, 2.24) is 0 Å². The number of para-hydroxylation sites is 1. The lowest BCUT2D eigenvalue weighted by atomic mass is 9.77. The molecule has 1 saturated carbocycles. The van der Waals surface area contributed by atoms with E-state index in [1.54, 1.807) is 0 Å². The summed E-state index contributed by atoms with van der Waals surface area (Å²) in [6.07, 6.45) is 2.46. The van der Waals surface area contributed by atoms with E-state index in [0.29, 0.717) is 0 Å². The normalized spacial score (nSPS) is 26.7.